The first-order valence-corrected chi connectivity index (χ1v) is 4.69. The highest BCUT2D eigenvalue weighted by atomic mass is 16.3. The molecule has 2 rings (SSSR count). The van der Waals surface area contributed by atoms with Gasteiger partial charge in [0.05, 0.1) is 13.2 Å². The summed E-state index contributed by atoms with van der Waals surface area (Å²) in [6, 6.07) is 0. The third-order valence-electron chi connectivity index (χ3n) is 2.91. The fourth-order valence-electron chi connectivity index (χ4n) is 2.14. The molecule has 0 aromatic rings. The van der Waals surface area contributed by atoms with E-state index in [4.69, 9.17) is 10.2 Å². The van der Waals surface area contributed by atoms with Crippen molar-refractivity contribution in [3.8, 4) is 0 Å². The van der Waals surface area contributed by atoms with Gasteiger partial charge in [0.25, 0.3) is 0 Å². The molecule has 0 saturated heterocycles. The van der Waals surface area contributed by atoms with Crippen LogP contribution in [0.25, 0.3) is 0 Å². The van der Waals surface area contributed by atoms with E-state index in [-0.39, 0.29) is 25.0 Å². The smallest absolute Gasteiger partial charge is 0.0531 e. The minimum Gasteiger partial charge on any atom is -0.395 e. The Morgan fingerprint density at radius 3 is 1.92 bits per heavy atom. The van der Waals surface area contributed by atoms with Crippen molar-refractivity contribution in [1.82, 2.24) is 5.32 Å². The summed E-state index contributed by atoms with van der Waals surface area (Å²) in [6.45, 7) is 2.08. The molecule has 0 bridgehead atoms. The lowest BCUT2D eigenvalue weighted by molar-refractivity contribution is 0.252. The molecule has 0 aromatic carbocycles. The average molecular weight is 181 g/mol. The third-order valence-corrected chi connectivity index (χ3v) is 2.91. The Morgan fingerprint density at radius 2 is 1.54 bits per heavy atom. The minimum atomic E-state index is 0.174. The normalized spacial score (nSPS) is 32.5. The maximum atomic E-state index is 9.12. The van der Waals surface area contributed by atoms with Crippen molar-refractivity contribution in [2.24, 2.45) is 11.8 Å². The molecule has 2 atom stereocenters. The largest absolute Gasteiger partial charge is 0.395 e. The third kappa shape index (κ3) is 1.43. The first-order valence-electron chi connectivity index (χ1n) is 4.69. The van der Waals surface area contributed by atoms with E-state index in [9.17, 15) is 0 Å². The maximum Gasteiger partial charge on any atom is 0.0531 e. The standard InChI is InChI=1S/C10H15NO2/c12-5-7-1-2-8(6-13)10-4-11-3-9(7)10/h1-2,7-8,11-13H,3-6H2. The maximum absolute atomic E-state index is 9.12. The van der Waals surface area contributed by atoms with E-state index in [1.165, 1.54) is 11.1 Å². The summed E-state index contributed by atoms with van der Waals surface area (Å²) in [7, 11) is 0. The van der Waals surface area contributed by atoms with Crippen molar-refractivity contribution in [3.63, 3.8) is 0 Å². The van der Waals surface area contributed by atoms with Gasteiger partial charge in [-0.05, 0) is 11.1 Å². The summed E-state index contributed by atoms with van der Waals surface area (Å²) in [5, 5.41) is 21.5. The number of aliphatic hydroxyl groups is 2. The number of hydrogen-bond acceptors (Lipinski definition) is 3. The molecule has 13 heavy (non-hydrogen) atoms. The van der Waals surface area contributed by atoms with Gasteiger partial charge in [-0.1, -0.05) is 12.2 Å². The topological polar surface area (TPSA) is 52.5 Å². The molecule has 72 valence electrons. The van der Waals surface area contributed by atoms with Crippen LogP contribution in [0.15, 0.2) is 23.3 Å². The van der Waals surface area contributed by atoms with Gasteiger partial charge in [-0.3, -0.25) is 0 Å². The van der Waals surface area contributed by atoms with E-state index < -0.39 is 0 Å². The zero-order valence-corrected chi connectivity index (χ0v) is 7.53. The zero-order chi connectivity index (χ0) is 9.26. The lowest BCUT2D eigenvalue weighted by Gasteiger charge is -2.22. The summed E-state index contributed by atoms with van der Waals surface area (Å²) in [6.07, 6.45) is 4.01. The molecule has 2 unspecified atom stereocenters. The van der Waals surface area contributed by atoms with Crippen LogP contribution < -0.4 is 5.32 Å². The van der Waals surface area contributed by atoms with Gasteiger partial charge in [0, 0.05) is 24.9 Å². The second-order valence-electron chi connectivity index (χ2n) is 3.62. The van der Waals surface area contributed by atoms with E-state index in [2.05, 4.69) is 5.32 Å². The van der Waals surface area contributed by atoms with Crippen molar-refractivity contribution >= 4 is 0 Å². The quantitative estimate of drug-likeness (QED) is 0.511. The van der Waals surface area contributed by atoms with Gasteiger partial charge in [0.1, 0.15) is 0 Å². The van der Waals surface area contributed by atoms with E-state index >= 15 is 0 Å². The molecule has 0 spiro atoms. The van der Waals surface area contributed by atoms with E-state index in [1.54, 1.807) is 0 Å². The summed E-state index contributed by atoms with van der Waals surface area (Å²) in [5.74, 6) is 0.348. The first-order chi connectivity index (χ1) is 6.36. The first kappa shape index (κ1) is 8.94. The van der Waals surface area contributed by atoms with Gasteiger partial charge in [0.15, 0.2) is 0 Å². The van der Waals surface area contributed by atoms with Crippen LogP contribution in [0.5, 0.6) is 0 Å². The Kier molecular flexibility index (Phi) is 2.49. The molecule has 0 saturated carbocycles. The molecular weight excluding hydrogens is 166 g/mol. The van der Waals surface area contributed by atoms with Crippen molar-refractivity contribution in [1.29, 1.82) is 0 Å². The van der Waals surface area contributed by atoms with Gasteiger partial charge in [-0.2, -0.15) is 0 Å². The molecule has 1 aliphatic carbocycles. The van der Waals surface area contributed by atoms with Crippen molar-refractivity contribution in [3.05, 3.63) is 23.3 Å². The van der Waals surface area contributed by atoms with Crippen LogP contribution in [0.3, 0.4) is 0 Å². The van der Waals surface area contributed by atoms with Crippen molar-refractivity contribution in [2.45, 2.75) is 0 Å². The fraction of sp³-hybridized carbons (Fsp3) is 0.600. The Balaban J connectivity index is 2.24. The summed E-state index contributed by atoms with van der Waals surface area (Å²) < 4.78 is 0. The molecule has 3 nitrogen and oxygen atoms in total. The predicted molar refractivity (Wildman–Crippen MR) is 50.2 cm³/mol. The van der Waals surface area contributed by atoms with Gasteiger partial charge in [-0.25, -0.2) is 0 Å². The van der Waals surface area contributed by atoms with Crippen LogP contribution in [0.2, 0.25) is 0 Å². The Morgan fingerprint density at radius 1 is 1.08 bits per heavy atom. The molecule has 2 aliphatic rings. The summed E-state index contributed by atoms with van der Waals surface area (Å²) >= 11 is 0. The Hall–Kier alpha value is -0.640. The molecule has 3 N–H and O–H groups in total. The number of rotatable bonds is 2. The van der Waals surface area contributed by atoms with Crippen LogP contribution in [0, 0.1) is 11.8 Å². The highest BCUT2D eigenvalue weighted by Crippen LogP contribution is 2.30. The number of nitrogens with one attached hydrogen (secondary N) is 1. The molecule has 0 aromatic heterocycles. The van der Waals surface area contributed by atoms with Crippen LogP contribution in [0.4, 0.5) is 0 Å². The van der Waals surface area contributed by atoms with Crippen LogP contribution in [-0.2, 0) is 0 Å². The van der Waals surface area contributed by atoms with E-state index in [0.717, 1.165) is 13.1 Å². The fourth-order valence-corrected chi connectivity index (χ4v) is 2.14. The van der Waals surface area contributed by atoms with E-state index in [1.807, 2.05) is 12.2 Å². The molecule has 0 amide bonds. The van der Waals surface area contributed by atoms with Crippen molar-refractivity contribution in [2.75, 3.05) is 26.3 Å². The van der Waals surface area contributed by atoms with Gasteiger partial charge < -0.3 is 15.5 Å². The molecule has 0 fully saturated rings. The average Bonchev–Trinajstić information content (AvgIpc) is 2.64. The number of aliphatic hydroxyl groups excluding tert-OH is 2. The highest BCUT2D eigenvalue weighted by Gasteiger charge is 2.27. The Bertz CT molecular complexity index is 234. The lowest BCUT2D eigenvalue weighted by Crippen LogP contribution is -2.18. The van der Waals surface area contributed by atoms with Crippen LogP contribution in [0.1, 0.15) is 0 Å². The highest BCUT2D eigenvalue weighted by molar-refractivity contribution is 5.36. The van der Waals surface area contributed by atoms with Crippen molar-refractivity contribution < 1.29 is 10.2 Å². The molecule has 0 radical (unpaired) electrons. The second-order valence-corrected chi connectivity index (χ2v) is 3.62. The van der Waals surface area contributed by atoms with Gasteiger partial charge in [-0.15, -0.1) is 0 Å². The molecular formula is C10H15NO2. The van der Waals surface area contributed by atoms with Crippen LogP contribution in [-0.4, -0.2) is 36.5 Å². The minimum absolute atomic E-state index is 0.174. The van der Waals surface area contributed by atoms with Gasteiger partial charge >= 0.3 is 0 Å². The monoisotopic (exact) mass is 181 g/mol. The lowest BCUT2D eigenvalue weighted by atomic mass is 9.84. The second kappa shape index (κ2) is 3.62. The summed E-state index contributed by atoms with van der Waals surface area (Å²) in [4.78, 5) is 0. The molecule has 1 heterocycles. The molecule has 3 heteroatoms. The molecule has 1 aliphatic heterocycles. The van der Waals surface area contributed by atoms with E-state index in [0.29, 0.717) is 0 Å². The zero-order valence-electron chi connectivity index (χ0n) is 7.53. The number of hydrogen-bond donors (Lipinski definition) is 3. The van der Waals surface area contributed by atoms with Crippen LogP contribution >= 0.6 is 0 Å². The Labute approximate surface area is 77.8 Å². The SMILES string of the molecule is OCC1C=CC(CO)C2=C1CNC2. The predicted octanol–water partition coefficient (Wildman–Crippen LogP) is -0.327. The summed E-state index contributed by atoms with van der Waals surface area (Å²) in [5.41, 5.74) is 2.56. The van der Waals surface area contributed by atoms with Gasteiger partial charge in [0.2, 0.25) is 0 Å².